The van der Waals surface area contributed by atoms with E-state index in [9.17, 15) is 9.59 Å². The Bertz CT molecular complexity index is 923. The lowest BCUT2D eigenvalue weighted by atomic mass is 10.1. The van der Waals surface area contributed by atoms with Crippen molar-refractivity contribution >= 4 is 45.1 Å². The Kier molecular flexibility index (Phi) is 6.36. The topological polar surface area (TPSA) is 65.0 Å². The Balaban J connectivity index is 1.76. The van der Waals surface area contributed by atoms with Gasteiger partial charge in [-0.05, 0) is 41.1 Å². The van der Waals surface area contributed by atoms with Gasteiger partial charge in [0.2, 0.25) is 5.12 Å². The summed E-state index contributed by atoms with van der Waals surface area (Å²) >= 11 is 2.67. The molecule has 0 N–H and O–H groups in total. The van der Waals surface area contributed by atoms with Crippen LogP contribution < -0.4 is 9.47 Å². The molecule has 138 valence electrons. The number of aliphatic imine (C=N–C) groups is 1. The molecule has 3 rings (SSSR count). The van der Waals surface area contributed by atoms with E-state index >= 15 is 0 Å². The van der Waals surface area contributed by atoms with Gasteiger partial charge in [-0.15, -0.1) is 0 Å². The Labute approximate surface area is 165 Å². The number of rotatable bonds is 5. The highest BCUT2D eigenvalue weighted by Crippen LogP contribution is 2.34. The second kappa shape index (κ2) is 8.92. The summed E-state index contributed by atoms with van der Waals surface area (Å²) in [5, 5.41) is -0.101. The first-order valence-electron chi connectivity index (χ1n) is 8.11. The molecule has 2 aromatic carbocycles. The van der Waals surface area contributed by atoms with Gasteiger partial charge in [0, 0.05) is 12.7 Å². The van der Waals surface area contributed by atoms with Gasteiger partial charge in [-0.3, -0.25) is 9.59 Å². The fourth-order valence-corrected chi connectivity index (χ4v) is 4.14. The van der Waals surface area contributed by atoms with E-state index in [2.05, 4.69) is 4.99 Å². The van der Waals surface area contributed by atoms with Gasteiger partial charge in [0.1, 0.15) is 10.1 Å². The predicted molar refractivity (Wildman–Crippen MR) is 110 cm³/mol. The van der Waals surface area contributed by atoms with Crippen molar-refractivity contribution in [3.05, 3.63) is 65.4 Å². The van der Waals surface area contributed by atoms with Crippen molar-refractivity contribution in [2.75, 3.05) is 7.11 Å². The molecule has 0 saturated heterocycles. The maximum Gasteiger partial charge on any atom is 0.308 e. The average Bonchev–Trinajstić information content (AvgIpc) is 3.00. The number of hydrogen-bond acceptors (Lipinski definition) is 7. The Morgan fingerprint density at radius 2 is 1.96 bits per heavy atom. The van der Waals surface area contributed by atoms with Gasteiger partial charge in [-0.25, -0.2) is 4.99 Å². The van der Waals surface area contributed by atoms with Gasteiger partial charge in [0.05, 0.1) is 7.11 Å². The minimum absolute atomic E-state index is 0.101. The first-order valence-corrected chi connectivity index (χ1v) is 9.91. The van der Waals surface area contributed by atoms with Crippen molar-refractivity contribution in [3.63, 3.8) is 0 Å². The Hall–Kier alpha value is -2.51. The number of ether oxygens (including phenoxy) is 2. The number of methoxy groups -OCH3 is 1. The molecule has 0 spiro atoms. The van der Waals surface area contributed by atoms with Gasteiger partial charge < -0.3 is 9.47 Å². The van der Waals surface area contributed by atoms with E-state index < -0.39 is 5.97 Å². The molecule has 0 bridgehead atoms. The number of benzene rings is 2. The fourth-order valence-electron chi connectivity index (χ4n) is 2.35. The third kappa shape index (κ3) is 5.24. The van der Waals surface area contributed by atoms with Crippen molar-refractivity contribution in [3.8, 4) is 11.5 Å². The maximum atomic E-state index is 12.2. The van der Waals surface area contributed by atoms with E-state index in [-0.39, 0.29) is 5.12 Å². The van der Waals surface area contributed by atoms with Crippen LogP contribution >= 0.6 is 23.5 Å². The van der Waals surface area contributed by atoms with Gasteiger partial charge >= 0.3 is 5.97 Å². The van der Waals surface area contributed by atoms with E-state index in [1.807, 2.05) is 30.3 Å². The van der Waals surface area contributed by atoms with E-state index in [4.69, 9.17) is 9.47 Å². The van der Waals surface area contributed by atoms with Crippen LogP contribution in [0.1, 0.15) is 18.1 Å². The molecule has 27 heavy (non-hydrogen) atoms. The van der Waals surface area contributed by atoms with Crippen molar-refractivity contribution in [2.45, 2.75) is 12.7 Å². The highest BCUT2D eigenvalue weighted by atomic mass is 32.2. The summed E-state index contributed by atoms with van der Waals surface area (Å²) in [7, 11) is 1.50. The van der Waals surface area contributed by atoms with Crippen LogP contribution in [0.2, 0.25) is 0 Å². The molecule has 0 aromatic heterocycles. The molecule has 0 unspecified atom stereocenters. The second-order valence-corrected chi connectivity index (χ2v) is 7.76. The Morgan fingerprint density at radius 1 is 1.19 bits per heavy atom. The molecular formula is C20H17NO4S2. The molecule has 5 nitrogen and oxygen atoms in total. The summed E-state index contributed by atoms with van der Waals surface area (Å²) in [6.45, 7) is 1.32. The number of nitrogens with zero attached hydrogens (tertiary/aromatic N) is 1. The first kappa shape index (κ1) is 19.3. The number of thioether (sulfide) groups is 2. The van der Waals surface area contributed by atoms with E-state index in [0.29, 0.717) is 22.8 Å². The van der Waals surface area contributed by atoms with Crippen molar-refractivity contribution in [1.29, 1.82) is 0 Å². The first-order chi connectivity index (χ1) is 13.0. The standard InChI is InChI=1S/C20H17NO4S2/c1-13(22)25-18-11-15(8-9-17(18)24-2)10-16-19(23)27-20(21-16)26-12-14-6-4-3-5-7-14/h3-11H,12H2,1-2H3/b16-10-. The van der Waals surface area contributed by atoms with Crippen LogP contribution in [0.25, 0.3) is 6.08 Å². The lowest BCUT2D eigenvalue weighted by Crippen LogP contribution is -2.03. The van der Waals surface area contributed by atoms with E-state index in [0.717, 1.165) is 21.9 Å². The van der Waals surface area contributed by atoms with E-state index in [1.165, 1.54) is 31.4 Å². The van der Waals surface area contributed by atoms with Crippen molar-refractivity contribution in [2.24, 2.45) is 4.99 Å². The fraction of sp³-hybridized carbons (Fsp3) is 0.150. The smallest absolute Gasteiger partial charge is 0.308 e. The minimum Gasteiger partial charge on any atom is -0.493 e. The Morgan fingerprint density at radius 3 is 2.67 bits per heavy atom. The zero-order chi connectivity index (χ0) is 19.2. The van der Waals surface area contributed by atoms with Crippen LogP contribution in [0, 0.1) is 0 Å². The molecule has 0 radical (unpaired) electrons. The number of hydrogen-bond donors (Lipinski definition) is 0. The highest BCUT2D eigenvalue weighted by Gasteiger charge is 2.22. The average molecular weight is 399 g/mol. The van der Waals surface area contributed by atoms with Crippen molar-refractivity contribution < 1.29 is 19.1 Å². The van der Waals surface area contributed by atoms with Crippen LogP contribution in [0.5, 0.6) is 11.5 Å². The van der Waals surface area contributed by atoms with Crippen molar-refractivity contribution in [1.82, 2.24) is 0 Å². The molecule has 1 aliphatic heterocycles. The van der Waals surface area contributed by atoms with Gasteiger partial charge in [0.15, 0.2) is 11.5 Å². The highest BCUT2D eigenvalue weighted by molar-refractivity contribution is 8.45. The number of esters is 1. The number of carbonyl (C=O) groups is 2. The molecule has 0 aliphatic carbocycles. The summed E-state index contributed by atoms with van der Waals surface area (Å²) in [5.41, 5.74) is 2.25. The zero-order valence-electron chi connectivity index (χ0n) is 14.8. The van der Waals surface area contributed by atoms with Crippen LogP contribution in [0.4, 0.5) is 0 Å². The second-order valence-electron chi connectivity index (χ2n) is 5.58. The van der Waals surface area contributed by atoms with Gasteiger partial charge in [-0.2, -0.15) is 0 Å². The van der Waals surface area contributed by atoms with Gasteiger partial charge in [-0.1, -0.05) is 48.2 Å². The molecule has 0 saturated carbocycles. The lowest BCUT2D eigenvalue weighted by molar-refractivity contribution is -0.132. The molecule has 7 heteroatoms. The molecule has 2 aromatic rings. The molecule has 0 fully saturated rings. The summed E-state index contributed by atoms with van der Waals surface area (Å²) in [6.07, 6.45) is 1.68. The predicted octanol–water partition coefficient (Wildman–Crippen LogP) is 4.52. The van der Waals surface area contributed by atoms with Crippen LogP contribution in [0.3, 0.4) is 0 Å². The maximum absolute atomic E-state index is 12.2. The molecular weight excluding hydrogens is 382 g/mol. The number of carbonyl (C=O) groups excluding carboxylic acids is 2. The normalized spacial score (nSPS) is 15.0. The minimum atomic E-state index is -0.441. The quantitative estimate of drug-likeness (QED) is 0.418. The monoisotopic (exact) mass is 399 g/mol. The van der Waals surface area contributed by atoms with Gasteiger partial charge in [0.25, 0.3) is 0 Å². The SMILES string of the molecule is COc1ccc(/C=C2\N=C(SCc3ccccc3)SC2=O)cc1OC(C)=O. The summed E-state index contributed by atoms with van der Waals surface area (Å²) in [6, 6.07) is 15.1. The zero-order valence-corrected chi connectivity index (χ0v) is 16.4. The summed E-state index contributed by atoms with van der Waals surface area (Å²) in [4.78, 5) is 27.9. The molecule has 1 aliphatic rings. The molecule has 1 heterocycles. The third-order valence-electron chi connectivity index (χ3n) is 3.55. The van der Waals surface area contributed by atoms with Crippen LogP contribution in [-0.2, 0) is 15.3 Å². The van der Waals surface area contributed by atoms with Crippen LogP contribution in [0.15, 0.2) is 59.2 Å². The van der Waals surface area contributed by atoms with Crippen LogP contribution in [-0.4, -0.2) is 22.6 Å². The third-order valence-corrected chi connectivity index (χ3v) is 5.63. The molecule has 0 atom stereocenters. The van der Waals surface area contributed by atoms with E-state index in [1.54, 1.807) is 24.3 Å². The largest absolute Gasteiger partial charge is 0.493 e. The summed E-state index contributed by atoms with van der Waals surface area (Å²) in [5.74, 6) is 1.07. The summed E-state index contributed by atoms with van der Waals surface area (Å²) < 4.78 is 11.1. The molecule has 0 amide bonds. The lowest BCUT2D eigenvalue weighted by Gasteiger charge is -2.08.